The van der Waals surface area contributed by atoms with Crippen LogP contribution in [0.4, 0.5) is 5.69 Å². The first-order valence-corrected chi connectivity index (χ1v) is 11.1. The van der Waals surface area contributed by atoms with Crippen LogP contribution in [0.2, 0.25) is 0 Å². The molecule has 0 unspecified atom stereocenters. The summed E-state index contributed by atoms with van der Waals surface area (Å²) in [5, 5.41) is 0. The first-order chi connectivity index (χ1) is 13.2. The minimum absolute atomic E-state index is 0.155. The number of rotatable bonds is 7. The quantitative estimate of drug-likeness (QED) is 0.693. The Balaban J connectivity index is 2.54. The van der Waals surface area contributed by atoms with E-state index in [9.17, 15) is 13.2 Å². The van der Waals surface area contributed by atoms with Crippen LogP contribution in [0.5, 0.6) is 0 Å². The zero-order valence-corrected chi connectivity index (χ0v) is 18.4. The molecular formula is C22H30N2O3S. The summed E-state index contributed by atoms with van der Waals surface area (Å²) in [6.07, 6.45) is 0. The summed E-state index contributed by atoms with van der Waals surface area (Å²) in [6.45, 7) is 12.6. The third-order valence-corrected chi connectivity index (χ3v) is 7.05. The van der Waals surface area contributed by atoms with Gasteiger partial charge in [-0.15, -0.1) is 0 Å². The summed E-state index contributed by atoms with van der Waals surface area (Å²) in [5.74, 6) is -0.190. The molecular weight excluding hydrogens is 372 g/mol. The Hall–Kier alpha value is -2.18. The first kappa shape index (κ1) is 22.1. The van der Waals surface area contributed by atoms with Crippen LogP contribution >= 0.6 is 0 Å². The minimum atomic E-state index is -3.62. The first-order valence-electron chi connectivity index (χ1n) is 9.67. The second kappa shape index (κ2) is 8.88. The summed E-state index contributed by atoms with van der Waals surface area (Å²) >= 11 is 0. The lowest BCUT2D eigenvalue weighted by Crippen LogP contribution is -2.33. The van der Waals surface area contributed by atoms with Gasteiger partial charge >= 0.3 is 0 Å². The van der Waals surface area contributed by atoms with Crippen LogP contribution in [0.25, 0.3) is 0 Å². The van der Waals surface area contributed by atoms with E-state index >= 15 is 0 Å². The van der Waals surface area contributed by atoms with Gasteiger partial charge in [0.05, 0.1) is 4.90 Å². The zero-order chi connectivity index (χ0) is 21.1. The number of carbonyl (C=O) groups is 1. The molecule has 2 rings (SSSR count). The molecule has 152 valence electrons. The maximum atomic E-state index is 13.4. The molecule has 0 heterocycles. The highest BCUT2D eigenvalue weighted by Crippen LogP contribution is 2.26. The van der Waals surface area contributed by atoms with Gasteiger partial charge in [-0.25, -0.2) is 8.42 Å². The standard InChI is InChI=1S/C22H30N2O3S/c1-7-23(8-2)28(26,27)19-13-12-17(5)20(15-19)22(25)24(9-3)21-14-16(4)10-11-18(21)6/h10-15H,7-9H2,1-6H3. The van der Waals surface area contributed by atoms with Crippen molar-refractivity contribution >= 4 is 21.6 Å². The number of anilines is 1. The smallest absolute Gasteiger partial charge is 0.258 e. The molecule has 5 nitrogen and oxygen atoms in total. The Labute approximate surface area is 169 Å². The summed E-state index contributed by atoms with van der Waals surface area (Å²) in [6, 6.07) is 10.8. The lowest BCUT2D eigenvalue weighted by atomic mass is 10.1. The fraction of sp³-hybridized carbons (Fsp3) is 0.409. The van der Waals surface area contributed by atoms with Gasteiger partial charge in [-0.05, 0) is 62.6 Å². The van der Waals surface area contributed by atoms with Crippen molar-refractivity contribution < 1.29 is 13.2 Å². The molecule has 0 saturated heterocycles. The van der Waals surface area contributed by atoms with E-state index in [1.165, 1.54) is 10.4 Å². The average molecular weight is 403 g/mol. The number of sulfonamides is 1. The number of carbonyl (C=O) groups excluding carboxylic acids is 1. The second-order valence-electron chi connectivity index (χ2n) is 6.91. The highest BCUT2D eigenvalue weighted by molar-refractivity contribution is 7.89. The Bertz CT molecular complexity index is 964. The molecule has 0 radical (unpaired) electrons. The summed E-state index contributed by atoms with van der Waals surface area (Å²) in [7, 11) is -3.62. The largest absolute Gasteiger partial charge is 0.308 e. The van der Waals surface area contributed by atoms with Crippen molar-refractivity contribution in [2.45, 2.75) is 46.4 Å². The third kappa shape index (κ3) is 4.28. The van der Waals surface area contributed by atoms with E-state index < -0.39 is 10.0 Å². The van der Waals surface area contributed by atoms with Crippen molar-refractivity contribution in [1.29, 1.82) is 0 Å². The molecule has 0 aliphatic heterocycles. The fourth-order valence-electron chi connectivity index (χ4n) is 3.28. The van der Waals surface area contributed by atoms with E-state index in [4.69, 9.17) is 0 Å². The van der Waals surface area contributed by atoms with Crippen molar-refractivity contribution in [3.63, 3.8) is 0 Å². The molecule has 0 aliphatic rings. The van der Waals surface area contributed by atoms with E-state index in [1.807, 2.05) is 45.9 Å². The van der Waals surface area contributed by atoms with Crippen LogP contribution < -0.4 is 4.90 Å². The van der Waals surface area contributed by atoms with E-state index in [2.05, 4.69) is 0 Å². The van der Waals surface area contributed by atoms with Gasteiger partial charge in [0.15, 0.2) is 0 Å². The number of aryl methyl sites for hydroxylation is 3. The van der Waals surface area contributed by atoms with Crippen LogP contribution in [-0.2, 0) is 10.0 Å². The molecule has 0 aliphatic carbocycles. The van der Waals surface area contributed by atoms with Crippen molar-refractivity contribution in [2.24, 2.45) is 0 Å². The van der Waals surface area contributed by atoms with Crippen LogP contribution in [0.3, 0.4) is 0 Å². The van der Waals surface area contributed by atoms with Gasteiger partial charge in [-0.1, -0.05) is 32.0 Å². The van der Waals surface area contributed by atoms with Crippen LogP contribution in [0.1, 0.15) is 47.8 Å². The highest BCUT2D eigenvalue weighted by Gasteiger charge is 2.25. The third-order valence-electron chi connectivity index (χ3n) is 5.00. The van der Waals surface area contributed by atoms with Crippen molar-refractivity contribution in [3.8, 4) is 0 Å². The molecule has 2 aromatic rings. The molecule has 0 saturated carbocycles. The second-order valence-corrected chi connectivity index (χ2v) is 8.84. The minimum Gasteiger partial charge on any atom is -0.308 e. The van der Waals surface area contributed by atoms with E-state index in [1.54, 1.807) is 30.9 Å². The maximum Gasteiger partial charge on any atom is 0.258 e. The van der Waals surface area contributed by atoms with Crippen LogP contribution in [-0.4, -0.2) is 38.3 Å². The SMILES string of the molecule is CCN(C(=O)c1cc(S(=O)(=O)N(CC)CC)ccc1C)c1cc(C)ccc1C. The normalized spacial score (nSPS) is 11.7. The molecule has 2 aromatic carbocycles. The van der Waals surface area contributed by atoms with Gasteiger partial charge in [0, 0.05) is 30.9 Å². The van der Waals surface area contributed by atoms with Gasteiger partial charge in [0.2, 0.25) is 10.0 Å². The number of hydrogen-bond acceptors (Lipinski definition) is 3. The monoisotopic (exact) mass is 402 g/mol. The highest BCUT2D eigenvalue weighted by atomic mass is 32.2. The Morgan fingerprint density at radius 2 is 1.46 bits per heavy atom. The van der Waals surface area contributed by atoms with Gasteiger partial charge in [-0.3, -0.25) is 4.79 Å². The van der Waals surface area contributed by atoms with Crippen molar-refractivity contribution in [3.05, 3.63) is 58.7 Å². The lowest BCUT2D eigenvalue weighted by molar-refractivity contribution is 0.0987. The fourth-order valence-corrected chi connectivity index (χ4v) is 4.77. The predicted octanol–water partition coefficient (Wildman–Crippen LogP) is 4.31. The van der Waals surface area contributed by atoms with Gasteiger partial charge in [0.25, 0.3) is 5.91 Å². The van der Waals surface area contributed by atoms with Gasteiger partial charge in [-0.2, -0.15) is 4.31 Å². The zero-order valence-electron chi connectivity index (χ0n) is 17.6. The van der Waals surface area contributed by atoms with Crippen molar-refractivity contribution in [2.75, 3.05) is 24.5 Å². The molecule has 0 fully saturated rings. The van der Waals surface area contributed by atoms with E-state index in [0.717, 1.165) is 22.4 Å². The number of hydrogen-bond donors (Lipinski definition) is 0. The van der Waals surface area contributed by atoms with Crippen LogP contribution in [0, 0.1) is 20.8 Å². The summed E-state index contributed by atoms with van der Waals surface area (Å²) in [5.41, 5.74) is 4.10. The molecule has 1 amide bonds. The molecule has 28 heavy (non-hydrogen) atoms. The van der Waals surface area contributed by atoms with Crippen molar-refractivity contribution in [1.82, 2.24) is 4.31 Å². The van der Waals surface area contributed by atoms with Gasteiger partial charge in [0.1, 0.15) is 0 Å². The molecule has 0 spiro atoms. The molecule has 0 atom stereocenters. The summed E-state index contributed by atoms with van der Waals surface area (Å²) < 4.78 is 27.2. The molecule has 6 heteroatoms. The van der Waals surface area contributed by atoms with E-state index in [-0.39, 0.29) is 10.8 Å². The van der Waals surface area contributed by atoms with Gasteiger partial charge < -0.3 is 4.90 Å². The molecule has 0 bridgehead atoms. The van der Waals surface area contributed by atoms with E-state index in [0.29, 0.717) is 25.2 Å². The predicted molar refractivity (Wildman–Crippen MR) is 115 cm³/mol. The Morgan fingerprint density at radius 1 is 0.857 bits per heavy atom. The number of nitrogens with zero attached hydrogens (tertiary/aromatic N) is 2. The average Bonchev–Trinajstić information content (AvgIpc) is 2.66. The molecule has 0 aromatic heterocycles. The van der Waals surface area contributed by atoms with Crippen LogP contribution in [0.15, 0.2) is 41.3 Å². The topological polar surface area (TPSA) is 57.7 Å². The Morgan fingerprint density at radius 3 is 2.04 bits per heavy atom. The maximum absolute atomic E-state index is 13.4. The molecule has 0 N–H and O–H groups in total. The summed E-state index contributed by atoms with van der Waals surface area (Å²) in [4.78, 5) is 15.2. The number of benzene rings is 2. The Kier molecular flexibility index (Phi) is 7.01. The number of amides is 1. The lowest BCUT2D eigenvalue weighted by Gasteiger charge is -2.25.